The van der Waals surface area contributed by atoms with Gasteiger partial charge in [0.25, 0.3) is 0 Å². The van der Waals surface area contributed by atoms with E-state index >= 15 is 0 Å². The molecule has 0 saturated carbocycles. The molecule has 0 unspecified atom stereocenters. The SMILES string of the molecule is CCOC(=O)c1ccc(N2C(=O)[C@H]3[C@H](c4ccccc4OC)c4sc(=O)n(CC(=O)N5CCCCC5)c4S[C@H]3C2=O)cc1. The summed E-state index contributed by atoms with van der Waals surface area (Å²) >= 11 is 2.19. The Kier molecular flexibility index (Phi) is 8.15. The number of carbonyl (C=O) groups excluding carboxylic acids is 4. The summed E-state index contributed by atoms with van der Waals surface area (Å²) in [5.41, 5.74) is 1.35. The van der Waals surface area contributed by atoms with Gasteiger partial charge in [-0.15, -0.1) is 0 Å². The number of hydrogen-bond acceptors (Lipinski definition) is 9. The van der Waals surface area contributed by atoms with Crippen LogP contribution >= 0.6 is 23.1 Å². The Morgan fingerprint density at radius 3 is 2.37 bits per heavy atom. The van der Waals surface area contributed by atoms with Crippen molar-refractivity contribution in [2.45, 2.75) is 48.9 Å². The van der Waals surface area contributed by atoms with Crippen LogP contribution in [0.4, 0.5) is 5.69 Å². The van der Waals surface area contributed by atoms with Crippen molar-refractivity contribution in [1.82, 2.24) is 9.47 Å². The van der Waals surface area contributed by atoms with E-state index in [0.29, 0.717) is 45.6 Å². The van der Waals surface area contributed by atoms with Gasteiger partial charge in [-0.3, -0.25) is 23.7 Å². The first kappa shape index (κ1) is 29.2. The van der Waals surface area contributed by atoms with Crippen LogP contribution in [0.25, 0.3) is 0 Å². The number of benzene rings is 2. The summed E-state index contributed by atoms with van der Waals surface area (Å²) in [5, 5.41) is -0.289. The number of thioether (sulfide) groups is 1. The van der Waals surface area contributed by atoms with Gasteiger partial charge < -0.3 is 14.4 Å². The van der Waals surface area contributed by atoms with E-state index in [1.54, 1.807) is 37.1 Å². The molecular weight excluding hydrogens is 590 g/mol. The van der Waals surface area contributed by atoms with Crippen LogP contribution in [0.15, 0.2) is 58.4 Å². The smallest absolute Gasteiger partial charge is 0.338 e. The van der Waals surface area contributed by atoms with Gasteiger partial charge >= 0.3 is 10.8 Å². The average Bonchev–Trinajstić information content (AvgIpc) is 3.47. The Balaban J connectivity index is 1.41. The number of piperidine rings is 1. The number of aromatic nitrogens is 1. The van der Waals surface area contributed by atoms with Gasteiger partial charge in [-0.2, -0.15) is 0 Å². The van der Waals surface area contributed by atoms with E-state index in [1.165, 1.54) is 28.5 Å². The molecule has 0 radical (unpaired) electrons. The number of anilines is 1. The zero-order valence-electron chi connectivity index (χ0n) is 23.8. The van der Waals surface area contributed by atoms with Crippen molar-refractivity contribution in [1.29, 1.82) is 0 Å². The molecule has 1 aromatic heterocycles. The maximum absolute atomic E-state index is 14.2. The van der Waals surface area contributed by atoms with Crippen molar-refractivity contribution in [2.24, 2.45) is 5.92 Å². The maximum atomic E-state index is 14.2. The Labute approximate surface area is 256 Å². The van der Waals surface area contributed by atoms with Crippen molar-refractivity contribution >= 4 is 52.5 Å². The molecule has 0 aliphatic carbocycles. The Morgan fingerprint density at radius 2 is 1.67 bits per heavy atom. The van der Waals surface area contributed by atoms with Crippen molar-refractivity contribution < 1.29 is 28.7 Å². The van der Waals surface area contributed by atoms with Crippen LogP contribution in [0.3, 0.4) is 0 Å². The third kappa shape index (κ3) is 5.16. The van der Waals surface area contributed by atoms with Gasteiger partial charge in [-0.25, -0.2) is 9.69 Å². The number of carbonyl (C=O) groups is 4. The monoisotopic (exact) mass is 621 g/mol. The average molecular weight is 622 g/mol. The first-order valence-corrected chi connectivity index (χ1v) is 16.0. The number of methoxy groups -OCH3 is 1. The van der Waals surface area contributed by atoms with Crippen LogP contribution in [0.5, 0.6) is 5.75 Å². The molecule has 3 aromatic rings. The Morgan fingerprint density at radius 1 is 0.953 bits per heavy atom. The number of para-hydroxylation sites is 1. The van der Waals surface area contributed by atoms with Crippen LogP contribution in [-0.4, -0.2) is 65.2 Å². The number of hydrogen-bond donors (Lipinski definition) is 0. The van der Waals surface area contributed by atoms with E-state index in [4.69, 9.17) is 9.47 Å². The summed E-state index contributed by atoms with van der Waals surface area (Å²) in [7, 11) is 1.54. The summed E-state index contributed by atoms with van der Waals surface area (Å²) in [6, 6.07) is 13.5. The predicted octanol–water partition coefficient (Wildman–Crippen LogP) is 3.90. The van der Waals surface area contributed by atoms with Crippen LogP contribution in [-0.2, 0) is 25.7 Å². The van der Waals surface area contributed by atoms with E-state index in [-0.39, 0.29) is 23.9 Å². The van der Waals surface area contributed by atoms with Gasteiger partial charge in [-0.1, -0.05) is 41.3 Å². The molecule has 224 valence electrons. The molecule has 2 aromatic carbocycles. The Hall–Kier alpha value is -3.90. The second-order valence-electron chi connectivity index (χ2n) is 10.6. The summed E-state index contributed by atoms with van der Waals surface area (Å²) < 4.78 is 12.2. The Bertz CT molecular complexity index is 1640. The highest BCUT2D eigenvalue weighted by Gasteiger charge is 2.57. The minimum Gasteiger partial charge on any atom is -0.496 e. The molecule has 2 saturated heterocycles. The van der Waals surface area contributed by atoms with Crippen molar-refractivity contribution in [3.8, 4) is 5.75 Å². The lowest BCUT2D eigenvalue weighted by Gasteiger charge is -2.32. The van der Waals surface area contributed by atoms with E-state index in [9.17, 15) is 24.0 Å². The molecule has 2 fully saturated rings. The van der Waals surface area contributed by atoms with Gasteiger partial charge in [0.1, 0.15) is 17.5 Å². The maximum Gasteiger partial charge on any atom is 0.338 e. The van der Waals surface area contributed by atoms with Crippen LogP contribution in [0.2, 0.25) is 0 Å². The number of esters is 1. The van der Waals surface area contributed by atoms with Gasteiger partial charge in [0, 0.05) is 29.4 Å². The highest BCUT2D eigenvalue weighted by molar-refractivity contribution is 8.00. The predicted molar refractivity (Wildman–Crippen MR) is 162 cm³/mol. The third-order valence-corrected chi connectivity index (χ3v) is 10.8. The normalized spacial score (nSPS) is 21.4. The van der Waals surface area contributed by atoms with Gasteiger partial charge in [0.15, 0.2) is 0 Å². The van der Waals surface area contributed by atoms with Crippen LogP contribution < -0.4 is 14.5 Å². The minimum atomic E-state index is -0.829. The van der Waals surface area contributed by atoms with E-state index < -0.39 is 34.9 Å². The molecule has 3 aliphatic rings. The fourth-order valence-electron chi connectivity index (χ4n) is 6.11. The van der Waals surface area contributed by atoms with Crippen LogP contribution in [0.1, 0.15) is 52.9 Å². The van der Waals surface area contributed by atoms with E-state index in [1.807, 2.05) is 18.2 Å². The molecule has 3 amide bonds. The molecule has 6 rings (SSSR count). The number of ether oxygens (including phenoxy) is 2. The molecule has 12 heteroatoms. The molecule has 3 atom stereocenters. The molecule has 10 nitrogen and oxygen atoms in total. The van der Waals surface area contributed by atoms with Crippen molar-refractivity contribution in [2.75, 3.05) is 31.7 Å². The first-order chi connectivity index (χ1) is 20.8. The molecule has 3 aliphatic heterocycles. The van der Waals surface area contributed by atoms with Crippen LogP contribution in [0, 0.1) is 5.92 Å². The summed E-state index contributed by atoms with van der Waals surface area (Å²) in [5.74, 6) is -2.34. The second-order valence-corrected chi connectivity index (χ2v) is 12.8. The number of amides is 3. The second kappa shape index (κ2) is 12.0. The fraction of sp³-hybridized carbons (Fsp3) is 0.387. The summed E-state index contributed by atoms with van der Waals surface area (Å²) in [6.45, 7) is 3.16. The van der Waals surface area contributed by atoms with Crippen molar-refractivity contribution in [3.05, 3.63) is 74.2 Å². The zero-order chi connectivity index (χ0) is 30.2. The van der Waals surface area contributed by atoms with E-state index in [2.05, 4.69) is 0 Å². The molecule has 4 heterocycles. The number of imide groups is 1. The van der Waals surface area contributed by atoms with Crippen molar-refractivity contribution in [3.63, 3.8) is 0 Å². The number of nitrogens with zero attached hydrogens (tertiary/aromatic N) is 3. The molecule has 0 bridgehead atoms. The quantitative estimate of drug-likeness (QED) is 0.288. The fourth-order valence-corrected chi connectivity index (χ4v) is 8.87. The van der Waals surface area contributed by atoms with E-state index in [0.717, 1.165) is 35.5 Å². The lowest BCUT2D eigenvalue weighted by atomic mass is 9.82. The third-order valence-electron chi connectivity index (χ3n) is 8.16. The highest BCUT2D eigenvalue weighted by Crippen LogP contribution is 2.55. The van der Waals surface area contributed by atoms with Gasteiger partial charge in [0.2, 0.25) is 17.7 Å². The summed E-state index contributed by atoms with van der Waals surface area (Å²) in [6.07, 6.45) is 2.95. The lowest BCUT2D eigenvalue weighted by Crippen LogP contribution is -2.39. The van der Waals surface area contributed by atoms with Gasteiger partial charge in [0.05, 0.1) is 35.9 Å². The first-order valence-electron chi connectivity index (χ1n) is 14.3. The molecule has 43 heavy (non-hydrogen) atoms. The molecular formula is C31H31N3O7S2. The lowest BCUT2D eigenvalue weighted by molar-refractivity contribution is -0.133. The minimum absolute atomic E-state index is 0.116. The highest BCUT2D eigenvalue weighted by atomic mass is 32.2. The molecule has 0 N–H and O–H groups in total. The largest absolute Gasteiger partial charge is 0.496 e. The summed E-state index contributed by atoms with van der Waals surface area (Å²) in [4.78, 5) is 70.3. The topological polar surface area (TPSA) is 115 Å². The zero-order valence-corrected chi connectivity index (χ0v) is 25.4. The van der Waals surface area contributed by atoms with Gasteiger partial charge in [-0.05, 0) is 56.5 Å². The molecule has 0 spiro atoms. The number of fused-ring (bicyclic) bond motifs is 2. The standard InChI is InChI=1S/C31H31N3O7S2/c1-3-41-30(38)18-11-13-19(14-12-18)34-27(36)24-23(20-9-5-6-10-21(20)40-2)26-29(42-25(24)28(34)37)33(31(39)43-26)17-22(35)32-15-7-4-8-16-32/h5-6,9-14,23-25H,3-4,7-8,15-17H2,1-2H3/t23-,24-,25+/m0/s1. The number of likely N-dealkylation sites (tertiary alicyclic amines) is 1. The number of rotatable bonds is 7. The number of thiazole rings is 1.